The Kier molecular flexibility index (Phi) is 6.77. The highest BCUT2D eigenvalue weighted by molar-refractivity contribution is 5.96. The fourth-order valence-corrected chi connectivity index (χ4v) is 2.60. The number of rotatable bonds is 7. The number of carbonyl (C=O) groups excluding carboxylic acids is 2. The molecule has 0 bridgehead atoms. The Balaban J connectivity index is 1.82. The standard InChI is InChI=1S/C19H27N5O2/c1-13(2)21-19(26)22-17-8-5-7-16(12-17)18(25)20-9-6-10-24-15(4)11-14(3)23-24/h5,7-8,11-13H,6,9-10H2,1-4H3,(H,20,25)(H2,21,22,26). The van der Waals surface area contributed by atoms with E-state index in [0.717, 1.165) is 24.4 Å². The molecule has 0 aliphatic rings. The Morgan fingerprint density at radius 1 is 1.19 bits per heavy atom. The number of urea groups is 1. The second-order valence-electron chi connectivity index (χ2n) is 6.59. The summed E-state index contributed by atoms with van der Waals surface area (Å²) in [6.45, 7) is 9.07. The van der Waals surface area contributed by atoms with Crippen molar-refractivity contribution in [3.63, 3.8) is 0 Å². The van der Waals surface area contributed by atoms with Crippen LogP contribution in [0, 0.1) is 13.8 Å². The lowest BCUT2D eigenvalue weighted by Gasteiger charge is -2.11. The van der Waals surface area contributed by atoms with Crippen LogP contribution in [0.15, 0.2) is 30.3 Å². The largest absolute Gasteiger partial charge is 0.352 e. The van der Waals surface area contributed by atoms with E-state index in [1.165, 1.54) is 0 Å². The van der Waals surface area contributed by atoms with Crippen LogP contribution in [0.5, 0.6) is 0 Å². The summed E-state index contributed by atoms with van der Waals surface area (Å²) in [5, 5.41) is 12.8. The van der Waals surface area contributed by atoms with Crippen LogP contribution in [0.25, 0.3) is 0 Å². The molecule has 0 spiro atoms. The molecule has 2 rings (SSSR count). The minimum atomic E-state index is -0.289. The van der Waals surface area contributed by atoms with Gasteiger partial charge in [-0.15, -0.1) is 0 Å². The smallest absolute Gasteiger partial charge is 0.319 e. The summed E-state index contributed by atoms with van der Waals surface area (Å²) < 4.78 is 1.94. The molecule has 0 saturated carbocycles. The number of aryl methyl sites for hydroxylation is 3. The van der Waals surface area contributed by atoms with Crippen LogP contribution in [-0.2, 0) is 6.54 Å². The molecule has 0 fully saturated rings. The predicted molar refractivity (Wildman–Crippen MR) is 102 cm³/mol. The van der Waals surface area contributed by atoms with Crippen molar-refractivity contribution >= 4 is 17.6 Å². The molecule has 3 N–H and O–H groups in total. The highest BCUT2D eigenvalue weighted by atomic mass is 16.2. The Hall–Kier alpha value is -2.83. The first-order chi connectivity index (χ1) is 12.3. The average molecular weight is 357 g/mol. The zero-order chi connectivity index (χ0) is 19.1. The normalized spacial score (nSPS) is 10.7. The molecule has 3 amide bonds. The first kappa shape index (κ1) is 19.5. The summed E-state index contributed by atoms with van der Waals surface area (Å²) in [4.78, 5) is 24.0. The Morgan fingerprint density at radius 2 is 1.96 bits per heavy atom. The maximum atomic E-state index is 12.3. The number of hydrogen-bond acceptors (Lipinski definition) is 3. The van der Waals surface area contributed by atoms with Crippen LogP contribution in [-0.4, -0.2) is 34.3 Å². The van der Waals surface area contributed by atoms with Gasteiger partial charge in [0.2, 0.25) is 0 Å². The van der Waals surface area contributed by atoms with Gasteiger partial charge in [0.15, 0.2) is 0 Å². The van der Waals surface area contributed by atoms with Gasteiger partial charge in [-0.3, -0.25) is 9.48 Å². The molecule has 2 aromatic rings. The van der Waals surface area contributed by atoms with E-state index in [1.54, 1.807) is 24.3 Å². The second kappa shape index (κ2) is 9.03. The Bertz CT molecular complexity index is 767. The molecule has 7 nitrogen and oxygen atoms in total. The fraction of sp³-hybridized carbons (Fsp3) is 0.421. The lowest BCUT2D eigenvalue weighted by molar-refractivity contribution is 0.0952. The number of nitrogens with one attached hydrogen (secondary N) is 3. The van der Waals surface area contributed by atoms with Crippen molar-refractivity contribution in [1.82, 2.24) is 20.4 Å². The van der Waals surface area contributed by atoms with Crippen LogP contribution >= 0.6 is 0 Å². The Morgan fingerprint density at radius 3 is 2.62 bits per heavy atom. The Labute approximate surface area is 154 Å². The van der Waals surface area contributed by atoms with E-state index in [0.29, 0.717) is 17.8 Å². The number of hydrogen-bond donors (Lipinski definition) is 3. The van der Waals surface area contributed by atoms with E-state index in [9.17, 15) is 9.59 Å². The van der Waals surface area contributed by atoms with Crippen molar-refractivity contribution < 1.29 is 9.59 Å². The number of aromatic nitrogens is 2. The number of benzene rings is 1. The van der Waals surface area contributed by atoms with Gasteiger partial charge < -0.3 is 16.0 Å². The van der Waals surface area contributed by atoms with Crippen LogP contribution in [0.3, 0.4) is 0 Å². The van der Waals surface area contributed by atoms with Gasteiger partial charge in [-0.2, -0.15) is 5.10 Å². The third-order valence-electron chi connectivity index (χ3n) is 3.74. The van der Waals surface area contributed by atoms with Crippen LogP contribution < -0.4 is 16.0 Å². The van der Waals surface area contributed by atoms with Gasteiger partial charge in [0.25, 0.3) is 5.91 Å². The molecule has 0 radical (unpaired) electrons. The topological polar surface area (TPSA) is 88.0 Å². The second-order valence-corrected chi connectivity index (χ2v) is 6.59. The first-order valence-electron chi connectivity index (χ1n) is 8.82. The summed E-state index contributed by atoms with van der Waals surface area (Å²) in [7, 11) is 0. The summed E-state index contributed by atoms with van der Waals surface area (Å²) in [5.41, 5.74) is 3.21. The summed E-state index contributed by atoms with van der Waals surface area (Å²) in [5.74, 6) is -0.161. The molecule has 1 heterocycles. The number of anilines is 1. The third-order valence-corrected chi connectivity index (χ3v) is 3.74. The molecule has 140 valence electrons. The number of carbonyl (C=O) groups is 2. The molecule has 0 saturated heterocycles. The molecule has 7 heteroatoms. The highest BCUT2D eigenvalue weighted by Crippen LogP contribution is 2.11. The lowest BCUT2D eigenvalue weighted by atomic mass is 10.2. The van der Waals surface area contributed by atoms with Crippen molar-refractivity contribution in [1.29, 1.82) is 0 Å². The summed E-state index contributed by atoms with van der Waals surface area (Å²) in [6, 6.07) is 8.67. The molecule has 0 atom stereocenters. The monoisotopic (exact) mass is 357 g/mol. The maximum Gasteiger partial charge on any atom is 0.319 e. The van der Waals surface area contributed by atoms with Gasteiger partial charge in [-0.25, -0.2) is 4.79 Å². The zero-order valence-electron chi connectivity index (χ0n) is 15.8. The molecule has 1 aromatic heterocycles. The maximum absolute atomic E-state index is 12.3. The third kappa shape index (κ3) is 5.91. The minimum absolute atomic E-state index is 0.0451. The van der Waals surface area contributed by atoms with Crippen molar-refractivity contribution in [2.45, 2.75) is 46.7 Å². The van der Waals surface area contributed by atoms with Crippen molar-refractivity contribution in [3.05, 3.63) is 47.3 Å². The SMILES string of the molecule is Cc1cc(C)n(CCCNC(=O)c2cccc(NC(=O)NC(C)C)c2)n1. The summed E-state index contributed by atoms with van der Waals surface area (Å²) >= 11 is 0. The van der Waals surface area contributed by atoms with Gasteiger partial charge in [0, 0.05) is 36.1 Å². The van der Waals surface area contributed by atoms with Crippen molar-refractivity contribution in [2.75, 3.05) is 11.9 Å². The summed E-state index contributed by atoms with van der Waals surface area (Å²) in [6.07, 6.45) is 0.794. The van der Waals surface area contributed by atoms with Crippen LogP contribution in [0.4, 0.5) is 10.5 Å². The average Bonchev–Trinajstić information content (AvgIpc) is 2.88. The van der Waals surface area contributed by atoms with E-state index in [2.05, 4.69) is 21.0 Å². The van der Waals surface area contributed by atoms with E-state index >= 15 is 0 Å². The molecule has 26 heavy (non-hydrogen) atoms. The van der Waals surface area contributed by atoms with E-state index in [-0.39, 0.29) is 18.0 Å². The molecule has 1 aromatic carbocycles. The predicted octanol–water partition coefficient (Wildman–Crippen LogP) is 2.85. The van der Waals surface area contributed by atoms with Gasteiger partial charge in [0.1, 0.15) is 0 Å². The van der Waals surface area contributed by atoms with Gasteiger partial charge in [-0.1, -0.05) is 6.07 Å². The minimum Gasteiger partial charge on any atom is -0.352 e. The molecule has 0 aliphatic carbocycles. The van der Waals surface area contributed by atoms with E-state index in [1.807, 2.05) is 38.4 Å². The van der Waals surface area contributed by atoms with Gasteiger partial charge in [-0.05, 0) is 58.4 Å². The number of amides is 3. The lowest BCUT2D eigenvalue weighted by Crippen LogP contribution is -2.34. The fourth-order valence-electron chi connectivity index (χ4n) is 2.60. The van der Waals surface area contributed by atoms with E-state index < -0.39 is 0 Å². The van der Waals surface area contributed by atoms with Crippen molar-refractivity contribution in [3.8, 4) is 0 Å². The molecule has 0 unspecified atom stereocenters. The highest BCUT2D eigenvalue weighted by Gasteiger charge is 2.08. The number of nitrogens with zero attached hydrogens (tertiary/aromatic N) is 2. The molecule has 0 aliphatic heterocycles. The van der Waals surface area contributed by atoms with Crippen LogP contribution in [0.2, 0.25) is 0 Å². The van der Waals surface area contributed by atoms with E-state index in [4.69, 9.17) is 0 Å². The van der Waals surface area contributed by atoms with Crippen molar-refractivity contribution in [2.24, 2.45) is 0 Å². The quantitative estimate of drug-likeness (QED) is 0.666. The molecular weight excluding hydrogens is 330 g/mol. The van der Waals surface area contributed by atoms with Crippen LogP contribution in [0.1, 0.15) is 42.0 Å². The first-order valence-corrected chi connectivity index (χ1v) is 8.82. The zero-order valence-corrected chi connectivity index (χ0v) is 15.8. The molecular formula is C19H27N5O2. The van der Waals surface area contributed by atoms with Gasteiger partial charge >= 0.3 is 6.03 Å². The van der Waals surface area contributed by atoms with Gasteiger partial charge in [0.05, 0.1) is 5.69 Å².